The molecule has 0 spiro atoms. The second-order valence-corrected chi connectivity index (χ2v) is 5.51. The number of nitrogens with zero attached hydrogens (tertiary/aromatic N) is 2. The monoisotopic (exact) mass is 285 g/mol. The van der Waals surface area contributed by atoms with Crippen molar-refractivity contribution in [1.29, 1.82) is 0 Å². The Hall–Kier alpha value is -1.20. The lowest BCUT2D eigenvalue weighted by Gasteiger charge is -2.23. The van der Waals surface area contributed by atoms with Gasteiger partial charge >= 0.3 is 0 Å². The molecule has 114 valence electrons. The van der Waals surface area contributed by atoms with Crippen LogP contribution in [-0.4, -0.2) is 45.2 Å². The van der Waals surface area contributed by atoms with Gasteiger partial charge in [0.15, 0.2) is 0 Å². The molecule has 0 radical (unpaired) electrons. The first-order chi connectivity index (χ1) is 9.35. The SMILES string of the molecule is CCC(N)Cc1cc(F)c(N(C)CCN(C)C)c(F)c1. The van der Waals surface area contributed by atoms with Crippen LogP contribution in [-0.2, 0) is 6.42 Å². The molecule has 1 unspecified atom stereocenters. The standard InChI is InChI=1S/C15H25F2N3/c1-5-12(18)8-11-9-13(16)15(14(17)10-11)20(4)7-6-19(2)3/h9-10,12H,5-8,18H2,1-4H3. The van der Waals surface area contributed by atoms with Crippen molar-refractivity contribution in [1.82, 2.24) is 4.90 Å². The summed E-state index contributed by atoms with van der Waals surface area (Å²) < 4.78 is 28.2. The van der Waals surface area contributed by atoms with Gasteiger partial charge in [0.2, 0.25) is 0 Å². The first-order valence-electron chi connectivity index (χ1n) is 6.94. The highest BCUT2D eigenvalue weighted by atomic mass is 19.1. The number of benzene rings is 1. The molecular weight excluding hydrogens is 260 g/mol. The lowest BCUT2D eigenvalue weighted by Crippen LogP contribution is -2.30. The van der Waals surface area contributed by atoms with Crippen LogP contribution in [0.2, 0.25) is 0 Å². The fourth-order valence-corrected chi connectivity index (χ4v) is 2.01. The number of hydrogen-bond acceptors (Lipinski definition) is 3. The third-order valence-electron chi connectivity index (χ3n) is 3.36. The lowest BCUT2D eigenvalue weighted by atomic mass is 10.0. The van der Waals surface area contributed by atoms with E-state index in [1.165, 1.54) is 12.1 Å². The summed E-state index contributed by atoms with van der Waals surface area (Å²) in [7, 11) is 5.55. The Morgan fingerprint density at radius 3 is 2.10 bits per heavy atom. The summed E-state index contributed by atoms with van der Waals surface area (Å²) >= 11 is 0. The van der Waals surface area contributed by atoms with Crippen molar-refractivity contribution in [2.24, 2.45) is 5.73 Å². The third-order valence-corrected chi connectivity index (χ3v) is 3.36. The average Bonchev–Trinajstić information content (AvgIpc) is 2.35. The van der Waals surface area contributed by atoms with Crippen LogP contribution >= 0.6 is 0 Å². The van der Waals surface area contributed by atoms with Crippen molar-refractivity contribution in [2.45, 2.75) is 25.8 Å². The molecule has 0 aliphatic heterocycles. The molecule has 2 N–H and O–H groups in total. The van der Waals surface area contributed by atoms with Gasteiger partial charge < -0.3 is 15.5 Å². The zero-order chi connectivity index (χ0) is 15.3. The first-order valence-corrected chi connectivity index (χ1v) is 6.94. The van der Waals surface area contributed by atoms with Crippen LogP contribution in [0.25, 0.3) is 0 Å². The Bertz CT molecular complexity index is 412. The van der Waals surface area contributed by atoms with E-state index in [1.54, 1.807) is 11.9 Å². The molecule has 0 amide bonds. The highest BCUT2D eigenvalue weighted by Gasteiger charge is 2.16. The second-order valence-electron chi connectivity index (χ2n) is 5.51. The minimum Gasteiger partial charge on any atom is -0.369 e. The van der Waals surface area contributed by atoms with Crippen molar-refractivity contribution in [2.75, 3.05) is 39.1 Å². The van der Waals surface area contributed by atoms with Crippen LogP contribution in [0, 0.1) is 11.6 Å². The zero-order valence-corrected chi connectivity index (χ0v) is 12.8. The van der Waals surface area contributed by atoms with E-state index >= 15 is 0 Å². The van der Waals surface area contributed by atoms with E-state index in [9.17, 15) is 8.78 Å². The maximum Gasteiger partial charge on any atom is 0.149 e. The quantitative estimate of drug-likeness (QED) is 0.834. The molecule has 5 heteroatoms. The Labute approximate surface area is 120 Å². The summed E-state index contributed by atoms with van der Waals surface area (Å²) in [5.41, 5.74) is 6.46. The van der Waals surface area contributed by atoms with Gasteiger partial charge in [-0.25, -0.2) is 8.78 Å². The maximum atomic E-state index is 14.1. The van der Waals surface area contributed by atoms with Gasteiger partial charge in [-0.3, -0.25) is 0 Å². The van der Waals surface area contributed by atoms with E-state index in [4.69, 9.17) is 5.73 Å². The number of rotatable bonds is 7. The smallest absolute Gasteiger partial charge is 0.149 e. The number of halogens is 2. The number of nitrogens with two attached hydrogens (primary N) is 1. The van der Waals surface area contributed by atoms with Gasteiger partial charge in [-0.1, -0.05) is 6.92 Å². The molecule has 0 aromatic heterocycles. The number of anilines is 1. The van der Waals surface area contributed by atoms with Crippen molar-refractivity contribution in [3.8, 4) is 0 Å². The highest BCUT2D eigenvalue weighted by Crippen LogP contribution is 2.24. The number of hydrogen-bond donors (Lipinski definition) is 1. The molecule has 20 heavy (non-hydrogen) atoms. The molecule has 0 saturated heterocycles. The predicted molar refractivity (Wildman–Crippen MR) is 80.2 cm³/mol. The Balaban J connectivity index is 2.88. The first kappa shape index (κ1) is 16.9. The van der Waals surface area contributed by atoms with E-state index < -0.39 is 11.6 Å². The van der Waals surface area contributed by atoms with Crippen molar-refractivity contribution < 1.29 is 8.78 Å². The third kappa shape index (κ3) is 4.72. The lowest BCUT2D eigenvalue weighted by molar-refractivity contribution is 0.414. The van der Waals surface area contributed by atoms with E-state index in [0.29, 0.717) is 18.5 Å². The molecule has 1 aromatic rings. The summed E-state index contributed by atoms with van der Waals surface area (Å²) in [4.78, 5) is 3.58. The molecule has 0 bridgehead atoms. The normalized spacial score (nSPS) is 12.8. The summed E-state index contributed by atoms with van der Waals surface area (Å²) in [5, 5.41) is 0. The predicted octanol–water partition coefficient (Wildman–Crippen LogP) is 2.24. The van der Waals surface area contributed by atoms with E-state index in [0.717, 1.165) is 13.0 Å². The van der Waals surface area contributed by atoms with Crippen molar-refractivity contribution in [3.05, 3.63) is 29.3 Å². The molecule has 1 atom stereocenters. The second kappa shape index (κ2) is 7.55. The van der Waals surface area contributed by atoms with Crippen molar-refractivity contribution >= 4 is 5.69 Å². The van der Waals surface area contributed by atoms with Crippen LogP contribution in [0.3, 0.4) is 0 Å². The van der Waals surface area contributed by atoms with Gasteiger partial charge in [0.25, 0.3) is 0 Å². The molecular formula is C15H25F2N3. The minimum absolute atomic E-state index is 0.0284. The zero-order valence-electron chi connectivity index (χ0n) is 12.8. The van der Waals surface area contributed by atoms with Crippen LogP contribution in [0.5, 0.6) is 0 Å². The molecule has 1 rings (SSSR count). The number of likely N-dealkylation sites (N-methyl/N-ethyl adjacent to an activating group) is 2. The van der Waals surface area contributed by atoms with Crippen LogP contribution < -0.4 is 10.6 Å². The summed E-state index contributed by atoms with van der Waals surface area (Å²) in [6.45, 7) is 3.26. The Morgan fingerprint density at radius 2 is 1.65 bits per heavy atom. The highest BCUT2D eigenvalue weighted by molar-refractivity contribution is 5.50. The summed E-state index contributed by atoms with van der Waals surface area (Å²) in [5.74, 6) is -1.05. The molecule has 0 aliphatic carbocycles. The summed E-state index contributed by atoms with van der Waals surface area (Å²) in [6.07, 6.45) is 1.28. The minimum atomic E-state index is -0.524. The van der Waals surface area contributed by atoms with Gasteiger partial charge in [0, 0.05) is 26.2 Å². The van der Waals surface area contributed by atoms with E-state index in [-0.39, 0.29) is 11.7 Å². The molecule has 1 aromatic carbocycles. The molecule has 0 aliphatic rings. The topological polar surface area (TPSA) is 32.5 Å². The van der Waals surface area contributed by atoms with E-state index in [2.05, 4.69) is 0 Å². The van der Waals surface area contributed by atoms with Gasteiger partial charge in [0.1, 0.15) is 17.3 Å². The van der Waals surface area contributed by atoms with Gasteiger partial charge in [-0.2, -0.15) is 0 Å². The molecule has 3 nitrogen and oxygen atoms in total. The van der Waals surface area contributed by atoms with Gasteiger partial charge in [0.05, 0.1) is 0 Å². The van der Waals surface area contributed by atoms with Gasteiger partial charge in [-0.05, 0) is 44.6 Å². The molecule has 0 heterocycles. The molecule has 0 fully saturated rings. The van der Waals surface area contributed by atoms with Crippen LogP contribution in [0.15, 0.2) is 12.1 Å². The van der Waals surface area contributed by atoms with Crippen LogP contribution in [0.4, 0.5) is 14.5 Å². The van der Waals surface area contributed by atoms with Crippen LogP contribution in [0.1, 0.15) is 18.9 Å². The van der Waals surface area contributed by atoms with Crippen molar-refractivity contribution in [3.63, 3.8) is 0 Å². The van der Waals surface area contributed by atoms with E-state index in [1.807, 2.05) is 25.9 Å². The van der Waals surface area contributed by atoms with Gasteiger partial charge in [-0.15, -0.1) is 0 Å². The average molecular weight is 285 g/mol. The largest absolute Gasteiger partial charge is 0.369 e. The maximum absolute atomic E-state index is 14.1. The Morgan fingerprint density at radius 1 is 1.10 bits per heavy atom. The fraction of sp³-hybridized carbons (Fsp3) is 0.600. The molecule has 0 saturated carbocycles. The fourth-order valence-electron chi connectivity index (χ4n) is 2.01. The Kier molecular flexibility index (Phi) is 6.36. The summed E-state index contributed by atoms with van der Waals surface area (Å²) in [6, 6.07) is 2.71.